The molecule has 12 aromatic carbocycles. The van der Waals surface area contributed by atoms with Gasteiger partial charge in [0.2, 0.25) is 0 Å². The summed E-state index contributed by atoms with van der Waals surface area (Å²) in [4.78, 5) is 0. The van der Waals surface area contributed by atoms with Crippen LogP contribution in [0.25, 0.3) is 137 Å². The van der Waals surface area contributed by atoms with Gasteiger partial charge >= 0.3 is 0 Å². The molecule has 66 heavy (non-hydrogen) atoms. The average molecular weight is 838 g/mol. The first kappa shape index (κ1) is 36.7. The Morgan fingerprint density at radius 1 is 0.273 bits per heavy atom. The standard InChI is InChI=1S/C64H39NO/c1-2-14-41(15-3-1)62-52-18-6-8-20-54(52)63(55-21-9-7-19-53(55)62)42-27-32-47(33-28-42)65-59-35-30-44(43-29-34-49-45(37-43)26-25-40-13-4-5-16-48(40)49)38-57(59)58-39-46(31-36-60(58)65)50-22-12-23-56-51-17-10-11-24-61(51)66-64(50)56/h1-39H. The lowest BCUT2D eigenvalue weighted by molar-refractivity contribution is 0.670. The molecule has 0 aliphatic rings. The highest BCUT2D eigenvalue weighted by Crippen LogP contribution is 2.45. The predicted molar refractivity (Wildman–Crippen MR) is 280 cm³/mol. The molecule has 0 amide bonds. The minimum absolute atomic E-state index is 0.905. The molecule has 0 bridgehead atoms. The average Bonchev–Trinajstić information content (AvgIpc) is 3.93. The molecule has 0 fully saturated rings. The number of hydrogen-bond donors (Lipinski definition) is 0. The third kappa shape index (κ3) is 5.55. The monoisotopic (exact) mass is 837 g/mol. The Labute approximate surface area is 380 Å². The van der Waals surface area contributed by atoms with Gasteiger partial charge in [0.05, 0.1) is 11.0 Å². The Bertz CT molecular complexity index is 4210. The highest BCUT2D eigenvalue weighted by molar-refractivity contribution is 6.22. The maximum Gasteiger partial charge on any atom is 0.143 e. The van der Waals surface area contributed by atoms with Crippen LogP contribution in [0.2, 0.25) is 0 Å². The van der Waals surface area contributed by atoms with E-state index in [0.717, 1.165) is 49.8 Å². The fourth-order valence-corrected chi connectivity index (χ4v) is 10.9. The van der Waals surface area contributed by atoms with Gasteiger partial charge in [-0.1, -0.05) is 188 Å². The number of furan rings is 1. The van der Waals surface area contributed by atoms with E-state index < -0.39 is 0 Å². The molecule has 0 unspecified atom stereocenters. The van der Waals surface area contributed by atoms with E-state index in [1.54, 1.807) is 0 Å². The second kappa shape index (κ2) is 14.4. The summed E-state index contributed by atoms with van der Waals surface area (Å²) in [6.45, 7) is 0. The van der Waals surface area contributed by atoms with Gasteiger partial charge in [-0.3, -0.25) is 0 Å². The SMILES string of the molecule is c1ccc(-c2c3ccccc3c(-c3ccc(-n4c5ccc(-c6ccc7c(ccc8ccccc87)c6)cc5c5cc(-c6cccc7c6oc6ccccc67)ccc54)cc3)c3ccccc23)cc1. The van der Waals surface area contributed by atoms with Crippen LogP contribution in [0, 0.1) is 0 Å². The van der Waals surface area contributed by atoms with E-state index in [-0.39, 0.29) is 0 Å². The van der Waals surface area contributed by atoms with Crippen molar-refractivity contribution in [3.05, 3.63) is 237 Å². The number of benzene rings is 12. The molecule has 306 valence electrons. The van der Waals surface area contributed by atoms with E-state index in [9.17, 15) is 0 Å². The van der Waals surface area contributed by atoms with Crippen LogP contribution in [0.4, 0.5) is 0 Å². The normalized spacial score (nSPS) is 11.9. The van der Waals surface area contributed by atoms with E-state index in [1.807, 2.05) is 6.07 Å². The second-order valence-corrected chi connectivity index (χ2v) is 17.6. The summed E-state index contributed by atoms with van der Waals surface area (Å²) in [5, 5.41) is 14.7. The van der Waals surface area contributed by atoms with Crippen molar-refractivity contribution in [1.29, 1.82) is 0 Å². The van der Waals surface area contributed by atoms with Crippen molar-refractivity contribution < 1.29 is 4.42 Å². The number of aromatic nitrogens is 1. The summed E-state index contributed by atoms with van der Waals surface area (Å²) in [5.74, 6) is 0. The minimum atomic E-state index is 0.905. The third-order valence-corrected chi connectivity index (χ3v) is 14.0. The first-order chi connectivity index (χ1) is 32.7. The zero-order valence-corrected chi connectivity index (χ0v) is 35.9. The molecule has 0 aliphatic heterocycles. The van der Waals surface area contributed by atoms with Gasteiger partial charge in [-0.15, -0.1) is 0 Å². The molecule has 2 nitrogen and oxygen atoms in total. The summed E-state index contributed by atoms with van der Waals surface area (Å²) < 4.78 is 9.01. The zero-order valence-electron chi connectivity index (χ0n) is 35.9. The Morgan fingerprint density at radius 2 is 0.773 bits per heavy atom. The van der Waals surface area contributed by atoms with Crippen molar-refractivity contribution in [2.45, 2.75) is 0 Å². The van der Waals surface area contributed by atoms with Gasteiger partial charge in [0, 0.05) is 32.8 Å². The molecule has 2 heteroatoms. The quantitative estimate of drug-likeness (QED) is 0.125. The van der Waals surface area contributed by atoms with E-state index in [1.165, 1.54) is 87.2 Å². The van der Waals surface area contributed by atoms with Crippen LogP contribution >= 0.6 is 0 Å². The van der Waals surface area contributed by atoms with E-state index in [4.69, 9.17) is 4.42 Å². The molecule has 0 spiro atoms. The summed E-state index contributed by atoms with van der Waals surface area (Å²) in [5.41, 5.74) is 14.8. The fourth-order valence-electron chi connectivity index (χ4n) is 10.9. The minimum Gasteiger partial charge on any atom is -0.455 e. The number of fused-ring (bicyclic) bond motifs is 11. The molecule has 14 rings (SSSR count). The van der Waals surface area contributed by atoms with Crippen molar-refractivity contribution in [3.8, 4) is 50.2 Å². The highest BCUT2D eigenvalue weighted by atomic mass is 16.3. The summed E-state index contributed by atoms with van der Waals surface area (Å²) in [6.07, 6.45) is 0. The van der Waals surface area contributed by atoms with Crippen LogP contribution in [-0.2, 0) is 0 Å². The Hall–Kier alpha value is -8.72. The lowest BCUT2D eigenvalue weighted by Crippen LogP contribution is -1.95. The number of hydrogen-bond acceptors (Lipinski definition) is 1. The molecule has 0 saturated heterocycles. The first-order valence-electron chi connectivity index (χ1n) is 22.7. The van der Waals surface area contributed by atoms with Crippen LogP contribution in [0.3, 0.4) is 0 Å². The topological polar surface area (TPSA) is 18.1 Å². The van der Waals surface area contributed by atoms with Crippen LogP contribution in [0.5, 0.6) is 0 Å². The summed E-state index contributed by atoms with van der Waals surface area (Å²) in [7, 11) is 0. The lowest BCUT2D eigenvalue weighted by atomic mass is 9.86. The molecule has 0 radical (unpaired) electrons. The third-order valence-electron chi connectivity index (χ3n) is 14.0. The van der Waals surface area contributed by atoms with Crippen molar-refractivity contribution in [3.63, 3.8) is 0 Å². The molecule has 2 heterocycles. The summed E-state index contributed by atoms with van der Waals surface area (Å²) in [6, 6.07) is 86.6. The molecular weight excluding hydrogens is 799 g/mol. The largest absolute Gasteiger partial charge is 0.455 e. The summed E-state index contributed by atoms with van der Waals surface area (Å²) >= 11 is 0. The highest BCUT2D eigenvalue weighted by Gasteiger charge is 2.20. The van der Waals surface area contributed by atoms with Gasteiger partial charge in [0.1, 0.15) is 11.2 Å². The molecule has 2 aromatic heterocycles. The Kier molecular flexibility index (Phi) is 8.02. The smallest absolute Gasteiger partial charge is 0.143 e. The maximum absolute atomic E-state index is 6.58. The Morgan fingerprint density at radius 3 is 1.48 bits per heavy atom. The van der Waals surface area contributed by atoms with Crippen LogP contribution in [0.15, 0.2) is 241 Å². The van der Waals surface area contributed by atoms with E-state index in [2.05, 4.69) is 235 Å². The molecule has 14 aromatic rings. The van der Waals surface area contributed by atoms with E-state index in [0.29, 0.717) is 0 Å². The van der Waals surface area contributed by atoms with Crippen LogP contribution in [-0.4, -0.2) is 4.57 Å². The fraction of sp³-hybridized carbons (Fsp3) is 0. The van der Waals surface area contributed by atoms with Gasteiger partial charge in [0.25, 0.3) is 0 Å². The van der Waals surface area contributed by atoms with Crippen LogP contribution in [0.1, 0.15) is 0 Å². The van der Waals surface area contributed by atoms with Gasteiger partial charge in [0.15, 0.2) is 0 Å². The van der Waals surface area contributed by atoms with Crippen LogP contribution < -0.4 is 0 Å². The predicted octanol–water partition coefficient (Wildman–Crippen LogP) is 18.0. The van der Waals surface area contributed by atoms with Crippen molar-refractivity contribution in [2.24, 2.45) is 0 Å². The molecule has 0 saturated carbocycles. The maximum atomic E-state index is 6.58. The van der Waals surface area contributed by atoms with Gasteiger partial charge in [-0.05, 0) is 131 Å². The van der Waals surface area contributed by atoms with Gasteiger partial charge in [-0.2, -0.15) is 0 Å². The molecule has 0 N–H and O–H groups in total. The molecule has 0 atom stereocenters. The van der Waals surface area contributed by atoms with Crippen molar-refractivity contribution in [2.75, 3.05) is 0 Å². The number of para-hydroxylation sites is 2. The zero-order chi connectivity index (χ0) is 43.3. The molecular formula is C64H39NO. The van der Waals surface area contributed by atoms with E-state index >= 15 is 0 Å². The van der Waals surface area contributed by atoms with Gasteiger partial charge in [-0.25, -0.2) is 0 Å². The number of rotatable bonds is 5. The Balaban J connectivity index is 0.961. The lowest BCUT2D eigenvalue weighted by Gasteiger charge is -2.18. The molecule has 0 aliphatic carbocycles. The van der Waals surface area contributed by atoms with Crippen molar-refractivity contribution >= 4 is 86.8 Å². The van der Waals surface area contributed by atoms with Crippen molar-refractivity contribution in [1.82, 2.24) is 4.57 Å². The number of nitrogens with zero attached hydrogens (tertiary/aromatic N) is 1. The second-order valence-electron chi connectivity index (χ2n) is 17.6. The first-order valence-corrected chi connectivity index (χ1v) is 22.7. The van der Waals surface area contributed by atoms with Gasteiger partial charge < -0.3 is 8.98 Å².